The summed E-state index contributed by atoms with van der Waals surface area (Å²) < 4.78 is 7.19. The molecule has 0 unspecified atom stereocenters. The van der Waals surface area contributed by atoms with E-state index in [1.165, 1.54) is 5.56 Å². The van der Waals surface area contributed by atoms with Crippen molar-refractivity contribution in [2.75, 3.05) is 7.11 Å². The summed E-state index contributed by atoms with van der Waals surface area (Å²) >= 11 is 0. The van der Waals surface area contributed by atoms with Gasteiger partial charge in [-0.15, -0.1) is 0 Å². The lowest BCUT2D eigenvalue weighted by Crippen LogP contribution is -2.23. The van der Waals surface area contributed by atoms with Crippen molar-refractivity contribution in [3.05, 3.63) is 108 Å². The van der Waals surface area contributed by atoms with Gasteiger partial charge in [0, 0.05) is 18.9 Å². The molecule has 0 atom stereocenters. The molecule has 30 heavy (non-hydrogen) atoms. The quantitative estimate of drug-likeness (QED) is 0.498. The molecule has 4 rings (SSSR count). The minimum Gasteiger partial charge on any atom is -0.496 e. The van der Waals surface area contributed by atoms with Crippen LogP contribution in [0.15, 0.2) is 91.3 Å². The van der Waals surface area contributed by atoms with E-state index in [0.717, 1.165) is 23.2 Å². The van der Waals surface area contributed by atoms with Gasteiger partial charge in [-0.2, -0.15) is 5.10 Å². The van der Waals surface area contributed by atoms with Crippen LogP contribution in [0, 0.1) is 0 Å². The number of nitrogens with one attached hydrogen (secondary N) is 1. The Morgan fingerprint density at radius 1 is 0.967 bits per heavy atom. The molecule has 0 bridgehead atoms. The zero-order chi connectivity index (χ0) is 20.8. The average molecular weight is 397 g/mol. The van der Waals surface area contributed by atoms with E-state index in [-0.39, 0.29) is 5.91 Å². The SMILES string of the molecule is COc1ccccc1C(=O)NCc1ccccc1-c1ccc(Cn2cccn2)cc1. The number of rotatable bonds is 7. The molecule has 0 aliphatic carbocycles. The van der Waals surface area contributed by atoms with E-state index >= 15 is 0 Å². The molecule has 1 heterocycles. The van der Waals surface area contributed by atoms with Crippen LogP contribution in [0.5, 0.6) is 5.75 Å². The molecule has 1 aromatic heterocycles. The van der Waals surface area contributed by atoms with Gasteiger partial charge < -0.3 is 10.1 Å². The van der Waals surface area contributed by atoms with Crippen LogP contribution in [-0.4, -0.2) is 22.8 Å². The second-order valence-corrected chi connectivity index (χ2v) is 6.94. The molecule has 0 saturated heterocycles. The Balaban J connectivity index is 1.49. The van der Waals surface area contributed by atoms with Crippen LogP contribution in [0.25, 0.3) is 11.1 Å². The monoisotopic (exact) mass is 397 g/mol. The van der Waals surface area contributed by atoms with Crippen molar-refractivity contribution in [1.29, 1.82) is 0 Å². The van der Waals surface area contributed by atoms with Gasteiger partial charge in [-0.3, -0.25) is 9.48 Å². The number of methoxy groups -OCH3 is 1. The highest BCUT2D eigenvalue weighted by Crippen LogP contribution is 2.25. The minimum atomic E-state index is -0.156. The summed E-state index contributed by atoms with van der Waals surface area (Å²) in [5, 5.41) is 7.26. The molecule has 1 N–H and O–H groups in total. The van der Waals surface area contributed by atoms with Crippen LogP contribution in [0.4, 0.5) is 0 Å². The fourth-order valence-electron chi connectivity index (χ4n) is 3.43. The van der Waals surface area contributed by atoms with Crippen molar-refractivity contribution in [2.24, 2.45) is 0 Å². The van der Waals surface area contributed by atoms with Gasteiger partial charge >= 0.3 is 0 Å². The summed E-state index contributed by atoms with van der Waals surface area (Å²) in [5.74, 6) is 0.410. The molecule has 150 valence electrons. The number of nitrogens with zero attached hydrogens (tertiary/aromatic N) is 2. The Morgan fingerprint density at radius 3 is 2.50 bits per heavy atom. The summed E-state index contributed by atoms with van der Waals surface area (Å²) in [7, 11) is 1.57. The van der Waals surface area contributed by atoms with Crippen molar-refractivity contribution in [3.63, 3.8) is 0 Å². The molecule has 0 fully saturated rings. The Labute approximate surface area is 175 Å². The number of hydrogen-bond donors (Lipinski definition) is 1. The summed E-state index contributed by atoms with van der Waals surface area (Å²) in [6, 6.07) is 25.7. The molecule has 0 aliphatic rings. The Bertz CT molecular complexity index is 1120. The fraction of sp³-hybridized carbons (Fsp3) is 0.120. The molecular formula is C25H23N3O2. The molecule has 3 aromatic carbocycles. The van der Waals surface area contributed by atoms with Crippen LogP contribution in [0.1, 0.15) is 21.5 Å². The number of para-hydroxylation sites is 1. The van der Waals surface area contributed by atoms with Gasteiger partial charge in [0.2, 0.25) is 0 Å². The average Bonchev–Trinajstić information content (AvgIpc) is 3.31. The second-order valence-electron chi connectivity index (χ2n) is 6.94. The number of carbonyl (C=O) groups is 1. The van der Waals surface area contributed by atoms with Gasteiger partial charge in [0.1, 0.15) is 5.75 Å². The largest absolute Gasteiger partial charge is 0.496 e. The van der Waals surface area contributed by atoms with Gasteiger partial charge in [0.15, 0.2) is 0 Å². The predicted molar refractivity (Wildman–Crippen MR) is 117 cm³/mol. The zero-order valence-corrected chi connectivity index (χ0v) is 16.8. The first-order valence-electron chi connectivity index (χ1n) is 9.80. The normalized spacial score (nSPS) is 10.6. The molecule has 0 saturated carbocycles. The van der Waals surface area contributed by atoms with Crippen molar-refractivity contribution >= 4 is 5.91 Å². The molecule has 4 aromatic rings. The highest BCUT2D eigenvalue weighted by atomic mass is 16.5. The third-order valence-electron chi connectivity index (χ3n) is 4.98. The Hall–Kier alpha value is -3.86. The van der Waals surface area contributed by atoms with Crippen LogP contribution in [0.2, 0.25) is 0 Å². The number of aromatic nitrogens is 2. The maximum absolute atomic E-state index is 12.6. The summed E-state index contributed by atoms with van der Waals surface area (Å²) in [5.41, 5.74) is 4.98. The van der Waals surface area contributed by atoms with Crippen molar-refractivity contribution in [1.82, 2.24) is 15.1 Å². The maximum atomic E-state index is 12.6. The Kier molecular flexibility index (Phi) is 5.90. The molecule has 5 nitrogen and oxygen atoms in total. The summed E-state index contributed by atoms with van der Waals surface area (Å²) in [6.07, 6.45) is 3.73. The van der Waals surface area contributed by atoms with Crippen molar-refractivity contribution < 1.29 is 9.53 Å². The number of amides is 1. The third kappa shape index (κ3) is 4.41. The van der Waals surface area contributed by atoms with Crippen LogP contribution >= 0.6 is 0 Å². The molecule has 1 amide bonds. The van der Waals surface area contributed by atoms with Crippen molar-refractivity contribution in [3.8, 4) is 16.9 Å². The predicted octanol–water partition coefficient (Wildman–Crippen LogP) is 4.54. The number of carbonyl (C=O) groups excluding carboxylic acids is 1. The lowest BCUT2D eigenvalue weighted by atomic mass is 9.98. The van der Waals surface area contributed by atoms with Gasteiger partial charge in [0.25, 0.3) is 5.91 Å². The van der Waals surface area contributed by atoms with Crippen molar-refractivity contribution in [2.45, 2.75) is 13.1 Å². The zero-order valence-electron chi connectivity index (χ0n) is 16.8. The number of benzene rings is 3. The Morgan fingerprint density at radius 2 is 1.73 bits per heavy atom. The van der Waals surface area contributed by atoms with E-state index in [9.17, 15) is 4.79 Å². The van der Waals surface area contributed by atoms with E-state index in [4.69, 9.17) is 4.74 Å². The molecule has 0 spiro atoms. The van der Waals surface area contributed by atoms with E-state index < -0.39 is 0 Å². The second kappa shape index (κ2) is 9.09. The first-order valence-corrected chi connectivity index (χ1v) is 9.80. The lowest BCUT2D eigenvalue weighted by molar-refractivity contribution is 0.0948. The number of ether oxygens (including phenoxy) is 1. The first kappa shape index (κ1) is 19.5. The topological polar surface area (TPSA) is 56.1 Å². The minimum absolute atomic E-state index is 0.156. The molecule has 0 aliphatic heterocycles. The highest BCUT2D eigenvalue weighted by Gasteiger charge is 2.12. The fourth-order valence-corrected chi connectivity index (χ4v) is 3.43. The molecule has 5 heteroatoms. The maximum Gasteiger partial charge on any atom is 0.255 e. The lowest BCUT2D eigenvalue weighted by Gasteiger charge is -2.13. The number of hydrogen-bond acceptors (Lipinski definition) is 3. The van der Waals surface area contributed by atoms with Crippen LogP contribution in [0.3, 0.4) is 0 Å². The van der Waals surface area contributed by atoms with E-state index in [1.807, 2.05) is 47.3 Å². The third-order valence-corrected chi connectivity index (χ3v) is 4.98. The van der Waals surface area contributed by atoms with Gasteiger partial charge in [0.05, 0.1) is 19.2 Å². The highest BCUT2D eigenvalue weighted by molar-refractivity contribution is 5.96. The smallest absolute Gasteiger partial charge is 0.255 e. The van der Waals surface area contributed by atoms with E-state index in [0.29, 0.717) is 17.9 Å². The summed E-state index contributed by atoms with van der Waals surface area (Å²) in [6.45, 7) is 1.17. The first-order chi connectivity index (χ1) is 14.7. The van der Waals surface area contributed by atoms with Gasteiger partial charge in [-0.25, -0.2) is 0 Å². The van der Waals surface area contributed by atoms with Gasteiger partial charge in [-0.1, -0.05) is 60.7 Å². The van der Waals surface area contributed by atoms with Crippen LogP contribution in [-0.2, 0) is 13.1 Å². The van der Waals surface area contributed by atoms with E-state index in [2.05, 4.69) is 40.7 Å². The summed E-state index contributed by atoms with van der Waals surface area (Å²) in [4.78, 5) is 12.6. The van der Waals surface area contributed by atoms with E-state index in [1.54, 1.807) is 25.4 Å². The van der Waals surface area contributed by atoms with Crippen LogP contribution < -0.4 is 10.1 Å². The molecule has 0 radical (unpaired) electrons. The van der Waals surface area contributed by atoms with Gasteiger partial charge in [-0.05, 0) is 40.5 Å². The molecular weight excluding hydrogens is 374 g/mol. The standard InChI is InChI=1S/C25H23N3O2/c1-30-24-10-5-4-9-23(24)25(29)26-17-21-7-2-3-8-22(21)20-13-11-19(12-14-20)18-28-16-6-15-27-28/h2-16H,17-18H2,1H3,(H,26,29).